The highest BCUT2D eigenvalue weighted by Gasteiger charge is 2.27. The Hall–Kier alpha value is -2.21. The van der Waals surface area contributed by atoms with E-state index in [1.54, 1.807) is 30.0 Å². The number of rotatable bonds is 4. The molecule has 2 unspecified atom stereocenters. The fraction of sp³-hybridized carbons (Fsp3) is 0.400. The number of nitro benzene ring substituents is 1. The van der Waals surface area contributed by atoms with Gasteiger partial charge in [-0.05, 0) is 25.5 Å². The summed E-state index contributed by atoms with van der Waals surface area (Å²) in [6, 6.07) is 6.29. The third kappa shape index (κ3) is 3.66. The lowest BCUT2D eigenvalue weighted by Gasteiger charge is -2.15. The molecule has 6 heteroatoms. The Labute approximate surface area is 122 Å². The Bertz CT molecular complexity index is 569. The lowest BCUT2D eigenvalue weighted by atomic mass is 10.0. The summed E-state index contributed by atoms with van der Waals surface area (Å²) in [4.78, 5) is 24.1. The van der Waals surface area contributed by atoms with Crippen molar-refractivity contribution in [1.29, 1.82) is 0 Å². The minimum Gasteiger partial charge on any atom is -0.393 e. The average molecular weight is 290 g/mol. The van der Waals surface area contributed by atoms with Gasteiger partial charge in [-0.25, -0.2) is 0 Å². The number of likely N-dealkylation sites (tertiary alicyclic amines) is 1. The van der Waals surface area contributed by atoms with Gasteiger partial charge >= 0.3 is 0 Å². The van der Waals surface area contributed by atoms with Crippen molar-refractivity contribution in [1.82, 2.24) is 4.90 Å². The number of benzene rings is 1. The molecule has 0 aromatic heterocycles. The first-order valence-electron chi connectivity index (χ1n) is 6.87. The van der Waals surface area contributed by atoms with Crippen molar-refractivity contribution in [3.8, 4) is 0 Å². The van der Waals surface area contributed by atoms with Gasteiger partial charge in [0.25, 0.3) is 5.69 Å². The summed E-state index contributed by atoms with van der Waals surface area (Å²) in [5.74, 6) is -0.0790. The molecule has 2 rings (SSSR count). The van der Waals surface area contributed by atoms with Gasteiger partial charge in [0, 0.05) is 31.1 Å². The molecule has 1 aromatic rings. The van der Waals surface area contributed by atoms with Crippen molar-refractivity contribution in [2.45, 2.75) is 19.4 Å². The van der Waals surface area contributed by atoms with Crippen LogP contribution >= 0.6 is 0 Å². The minimum absolute atomic E-state index is 0.0233. The summed E-state index contributed by atoms with van der Waals surface area (Å²) in [5, 5.41) is 20.4. The third-order valence-electron chi connectivity index (χ3n) is 3.76. The van der Waals surface area contributed by atoms with Crippen LogP contribution in [0.5, 0.6) is 0 Å². The standard InChI is InChI=1S/C15H18N2O4/c1-11(18)13-8-9-16(10-13)15(19)7-6-12-4-2-3-5-14(12)17(20)21/h2-7,11,13,18H,8-10H2,1H3/b7-6+. The Balaban J connectivity index is 2.05. The van der Waals surface area contributed by atoms with E-state index in [1.165, 1.54) is 18.2 Å². The van der Waals surface area contributed by atoms with Crippen LogP contribution in [-0.4, -0.2) is 40.0 Å². The van der Waals surface area contributed by atoms with Crippen molar-refractivity contribution in [3.63, 3.8) is 0 Å². The normalized spacial score (nSPS) is 19.9. The molecule has 1 saturated heterocycles. The maximum absolute atomic E-state index is 12.1. The van der Waals surface area contributed by atoms with Crippen molar-refractivity contribution in [2.24, 2.45) is 5.92 Å². The highest BCUT2D eigenvalue weighted by Crippen LogP contribution is 2.21. The van der Waals surface area contributed by atoms with Gasteiger partial charge in [-0.15, -0.1) is 0 Å². The van der Waals surface area contributed by atoms with Crippen LogP contribution in [0.4, 0.5) is 5.69 Å². The molecule has 1 N–H and O–H groups in total. The molecule has 6 nitrogen and oxygen atoms in total. The third-order valence-corrected chi connectivity index (χ3v) is 3.76. The molecule has 1 aliphatic rings. The van der Waals surface area contributed by atoms with Gasteiger partial charge in [-0.3, -0.25) is 14.9 Å². The fourth-order valence-corrected chi connectivity index (χ4v) is 2.44. The molecular formula is C15H18N2O4. The SMILES string of the molecule is CC(O)C1CCN(C(=O)/C=C/c2ccccc2[N+](=O)[O-])C1. The zero-order valence-electron chi connectivity index (χ0n) is 11.8. The van der Waals surface area contributed by atoms with E-state index < -0.39 is 11.0 Å². The molecule has 1 heterocycles. The molecule has 21 heavy (non-hydrogen) atoms. The highest BCUT2D eigenvalue weighted by atomic mass is 16.6. The summed E-state index contributed by atoms with van der Waals surface area (Å²) in [5.41, 5.74) is 0.381. The van der Waals surface area contributed by atoms with E-state index in [2.05, 4.69) is 0 Å². The molecule has 0 aliphatic carbocycles. The molecule has 1 aromatic carbocycles. The molecule has 112 valence electrons. The van der Waals surface area contributed by atoms with E-state index >= 15 is 0 Å². The van der Waals surface area contributed by atoms with Crippen LogP contribution in [0.15, 0.2) is 30.3 Å². The maximum atomic E-state index is 12.1. The van der Waals surface area contributed by atoms with Gasteiger partial charge in [0.15, 0.2) is 0 Å². The van der Waals surface area contributed by atoms with Crippen LogP contribution in [0.2, 0.25) is 0 Å². The van der Waals surface area contributed by atoms with Crippen molar-refractivity contribution < 1.29 is 14.8 Å². The number of nitro groups is 1. The summed E-state index contributed by atoms with van der Waals surface area (Å²) in [6.45, 7) is 2.86. The zero-order valence-corrected chi connectivity index (χ0v) is 11.8. The Morgan fingerprint density at radius 1 is 1.52 bits per heavy atom. The lowest BCUT2D eigenvalue weighted by molar-refractivity contribution is -0.385. The summed E-state index contributed by atoms with van der Waals surface area (Å²) >= 11 is 0. The zero-order chi connectivity index (χ0) is 15.4. The Morgan fingerprint density at radius 3 is 2.86 bits per heavy atom. The largest absolute Gasteiger partial charge is 0.393 e. The molecule has 0 saturated carbocycles. The van der Waals surface area contributed by atoms with Gasteiger partial charge < -0.3 is 10.0 Å². The fourth-order valence-electron chi connectivity index (χ4n) is 2.44. The van der Waals surface area contributed by atoms with Crippen LogP contribution in [0.3, 0.4) is 0 Å². The van der Waals surface area contributed by atoms with Crippen molar-refractivity contribution >= 4 is 17.7 Å². The second-order valence-electron chi connectivity index (χ2n) is 5.22. The first-order chi connectivity index (χ1) is 9.99. The van der Waals surface area contributed by atoms with E-state index in [0.717, 1.165) is 6.42 Å². The van der Waals surface area contributed by atoms with Crippen LogP contribution in [0.1, 0.15) is 18.9 Å². The monoisotopic (exact) mass is 290 g/mol. The molecule has 0 spiro atoms. The van der Waals surface area contributed by atoms with Crippen LogP contribution in [0, 0.1) is 16.0 Å². The molecule has 1 amide bonds. The lowest BCUT2D eigenvalue weighted by Crippen LogP contribution is -2.28. The maximum Gasteiger partial charge on any atom is 0.276 e. The van der Waals surface area contributed by atoms with Gasteiger partial charge in [-0.1, -0.05) is 12.1 Å². The Morgan fingerprint density at radius 2 is 2.24 bits per heavy atom. The van der Waals surface area contributed by atoms with E-state index in [0.29, 0.717) is 18.7 Å². The second-order valence-corrected chi connectivity index (χ2v) is 5.22. The van der Waals surface area contributed by atoms with Crippen molar-refractivity contribution in [3.05, 3.63) is 46.0 Å². The first kappa shape index (κ1) is 15.2. The second kappa shape index (κ2) is 6.49. The van der Waals surface area contributed by atoms with E-state index in [4.69, 9.17) is 0 Å². The summed E-state index contributed by atoms with van der Waals surface area (Å²) < 4.78 is 0. The van der Waals surface area contributed by atoms with Gasteiger partial charge in [0.2, 0.25) is 5.91 Å². The van der Waals surface area contributed by atoms with E-state index in [-0.39, 0.29) is 17.5 Å². The Kier molecular flexibility index (Phi) is 4.70. The van der Waals surface area contributed by atoms with Crippen molar-refractivity contribution in [2.75, 3.05) is 13.1 Å². The van der Waals surface area contributed by atoms with Crippen LogP contribution in [0.25, 0.3) is 6.08 Å². The number of carbonyl (C=O) groups is 1. The van der Waals surface area contributed by atoms with Gasteiger partial charge in [0.1, 0.15) is 0 Å². The summed E-state index contributed by atoms with van der Waals surface area (Å²) in [7, 11) is 0. The van der Waals surface area contributed by atoms with Gasteiger partial charge in [0.05, 0.1) is 16.6 Å². The number of para-hydroxylation sites is 1. The topological polar surface area (TPSA) is 83.7 Å². The number of hydrogen-bond acceptors (Lipinski definition) is 4. The number of aliphatic hydroxyl groups is 1. The van der Waals surface area contributed by atoms with E-state index in [1.807, 2.05) is 0 Å². The predicted molar refractivity (Wildman–Crippen MR) is 78.5 cm³/mol. The van der Waals surface area contributed by atoms with E-state index in [9.17, 15) is 20.0 Å². The predicted octanol–water partition coefficient (Wildman–Crippen LogP) is 1.84. The number of nitrogens with zero attached hydrogens (tertiary/aromatic N) is 2. The molecule has 1 aliphatic heterocycles. The highest BCUT2D eigenvalue weighted by molar-refractivity contribution is 5.92. The quantitative estimate of drug-likeness (QED) is 0.521. The summed E-state index contributed by atoms with van der Waals surface area (Å²) in [6.07, 6.45) is 3.17. The smallest absolute Gasteiger partial charge is 0.276 e. The minimum atomic E-state index is -0.469. The van der Waals surface area contributed by atoms with Crippen LogP contribution in [-0.2, 0) is 4.79 Å². The van der Waals surface area contributed by atoms with Gasteiger partial charge in [-0.2, -0.15) is 0 Å². The molecular weight excluding hydrogens is 272 g/mol. The number of hydrogen-bond donors (Lipinski definition) is 1. The average Bonchev–Trinajstić information content (AvgIpc) is 2.95. The molecule has 2 atom stereocenters. The number of carbonyl (C=O) groups excluding carboxylic acids is 1. The number of amides is 1. The van der Waals surface area contributed by atoms with Crippen LogP contribution < -0.4 is 0 Å². The molecule has 0 radical (unpaired) electrons. The molecule has 1 fully saturated rings. The number of aliphatic hydroxyl groups excluding tert-OH is 1. The first-order valence-corrected chi connectivity index (χ1v) is 6.87. The molecule has 0 bridgehead atoms.